The van der Waals surface area contributed by atoms with Crippen LogP contribution in [0, 0.1) is 13.8 Å². The van der Waals surface area contributed by atoms with Crippen LogP contribution in [0.3, 0.4) is 0 Å². The number of Topliss-reactive ketones (excluding diaryl/α,β-unsaturated/α-hetero) is 1. The molecule has 150 valence electrons. The first kappa shape index (κ1) is 20.3. The third kappa shape index (κ3) is 4.90. The van der Waals surface area contributed by atoms with Crippen LogP contribution >= 0.6 is 0 Å². The van der Waals surface area contributed by atoms with Gasteiger partial charge in [-0.2, -0.15) is 0 Å². The van der Waals surface area contributed by atoms with Crippen molar-refractivity contribution in [2.75, 3.05) is 0 Å². The zero-order valence-corrected chi connectivity index (χ0v) is 16.5. The molecule has 2 aromatic carbocycles. The fraction of sp³-hybridized carbons (Fsp3) is 0.261. The SMILES string of the molecule is Cc1ccc(C)c(C(=O)CCC(=O)NC(Cc2c[nH]c3ccccc23)C(=O)O)c1. The minimum Gasteiger partial charge on any atom is -0.480 e. The lowest BCUT2D eigenvalue weighted by molar-refractivity contribution is -0.141. The van der Waals surface area contributed by atoms with Gasteiger partial charge in [0, 0.05) is 41.9 Å². The second-order valence-corrected chi connectivity index (χ2v) is 7.26. The van der Waals surface area contributed by atoms with E-state index in [2.05, 4.69) is 10.3 Å². The topological polar surface area (TPSA) is 99.3 Å². The number of aliphatic carboxylic acids is 1. The Hall–Kier alpha value is -3.41. The van der Waals surface area contributed by atoms with Gasteiger partial charge in [0.25, 0.3) is 0 Å². The summed E-state index contributed by atoms with van der Waals surface area (Å²) in [6, 6.07) is 12.2. The highest BCUT2D eigenvalue weighted by Crippen LogP contribution is 2.19. The number of benzene rings is 2. The Morgan fingerprint density at radius 1 is 1.07 bits per heavy atom. The highest BCUT2D eigenvalue weighted by Gasteiger charge is 2.22. The van der Waals surface area contributed by atoms with Gasteiger partial charge in [-0.1, -0.05) is 35.9 Å². The van der Waals surface area contributed by atoms with E-state index in [0.29, 0.717) is 5.56 Å². The summed E-state index contributed by atoms with van der Waals surface area (Å²) >= 11 is 0. The summed E-state index contributed by atoms with van der Waals surface area (Å²) in [5.74, 6) is -1.68. The number of hydrogen-bond acceptors (Lipinski definition) is 3. The molecule has 0 aliphatic heterocycles. The predicted octanol–water partition coefficient (Wildman–Crippen LogP) is 3.56. The molecular formula is C23H24N2O4. The van der Waals surface area contributed by atoms with Gasteiger partial charge in [0.2, 0.25) is 5.91 Å². The molecule has 0 saturated heterocycles. The van der Waals surface area contributed by atoms with E-state index in [0.717, 1.165) is 27.6 Å². The number of H-pyrrole nitrogens is 1. The van der Waals surface area contributed by atoms with Crippen molar-refractivity contribution in [2.45, 2.75) is 39.2 Å². The van der Waals surface area contributed by atoms with Crippen LogP contribution in [-0.4, -0.2) is 33.8 Å². The third-order valence-corrected chi connectivity index (χ3v) is 5.00. The lowest BCUT2D eigenvalue weighted by Crippen LogP contribution is -2.42. The van der Waals surface area contributed by atoms with Crippen molar-refractivity contribution in [3.63, 3.8) is 0 Å². The number of aromatic amines is 1. The van der Waals surface area contributed by atoms with Crippen LogP contribution in [0.15, 0.2) is 48.7 Å². The van der Waals surface area contributed by atoms with E-state index < -0.39 is 17.9 Å². The monoisotopic (exact) mass is 392 g/mol. The van der Waals surface area contributed by atoms with Gasteiger partial charge in [0.05, 0.1) is 0 Å². The van der Waals surface area contributed by atoms with Gasteiger partial charge in [-0.25, -0.2) is 4.79 Å². The fourth-order valence-corrected chi connectivity index (χ4v) is 3.38. The number of para-hydroxylation sites is 1. The highest BCUT2D eigenvalue weighted by atomic mass is 16.4. The average Bonchev–Trinajstić information content (AvgIpc) is 3.10. The van der Waals surface area contributed by atoms with E-state index in [1.54, 1.807) is 6.20 Å². The van der Waals surface area contributed by atoms with Gasteiger partial charge < -0.3 is 15.4 Å². The van der Waals surface area contributed by atoms with Crippen molar-refractivity contribution in [3.8, 4) is 0 Å². The van der Waals surface area contributed by atoms with E-state index in [4.69, 9.17) is 0 Å². The summed E-state index contributed by atoms with van der Waals surface area (Å²) in [6.45, 7) is 3.76. The number of rotatable bonds is 8. The van der Waals surface area contributed by atoms with Crippen LogP contribution < -0.4 is 5.32 Å². The number of amides is 1. The number of carboxylic acids is 1. The van der Waals surface area contributed by atoms with Crippen LogP contribution in [-0.2, 0) is 16.0 Å². The maximum Gasteiger partial charge on any atom is 0.326 e. The average molecular weight is 392 g/mol. The molecule has 1 aromatic heterocycles. The van der Waals surface area contributed by atoms with Crippen molar-refractivity contribution in [1.29, 1.82) is 0 Å². The Labute approximate surface area is 168 Å². The summed E-state index contributed by atoms with van der Waals surface area (Å²) in [7, 11) is 0. The zero-order chi connectivity index (χ0) is 21.0. The number of nitrogens with one attached hydrogen (secondary N) is 2. The Morgan fingerprint density at radius 3 is 2.59 bits per heavy atom. The summed E-state index contributed by atoms with van der Waals surface area (Å²) < 4.78 is 0. The normalized spacial score (nSPS) is 11.9. The molecule has 0 saturated carbocycles. The number of fused-ring (bicyclic) bond motifs is 1. The molecule has 29 heavy (non-hydrogen) atoms. The molecule has 0 aliphatic carbocycles. The first-order chi connectivity index (χ1) is 13.8. The maximum absolute atomic E-state index is 12.4. The number of ketones is 1. The lowest BCUT2D eigenvalue weighted by atomic mass is 9.99. The van der Waals surface area contributed by atoms with E-state index in [9.17, 15) is 19.5 Å². The molecule has 6 nitrogen and oxygen atoms in total. The molecule has 0 aliphatic rings. The smallest absolute Gasteiger partial charge is 0.326 e. The summed E-state index contributed by atoms with van der Waals surface area (Å²) in [5, 5.41) is 13.0. The molecule has 0 spiro atoms. The molecule has 1 heterocycles. The summed E-state index contributed by atoms with van der Waals surface area (Å²) in [5.41, 5.74) is 4.18. The maximum atomic E-state index is 12.4. The van der Waals surface area contributed by atoms with Crippen LogP contribution in [0.5, 0.6) is 0 Å². The molecule has 1 amide bonds. The number of carbonyl (C=O) groups excluding carboxylic acids is 2. The number of hydrogen-bond donors (Lipinski definition) is 3. The number of carboxylic acid groups (broad SMARTS) is 1. The second-order valence-electron chi connectivity index (χ2n) is 7.26. The van der Waals surface area contributed by atoms with Crippen LogP contribution in [0.25, 0.3) is 10.9 Å². The van der Waals surface area contributed by atoms with Crippen molar-refractivity contribution < 1.29 is 19.5 Å². The first-order valence-corrected chi connectivity index (χ1v) is 9.52. The van der Waals surface area contributed by atoms with Gasteiger partial charge in [-0.3, -0.25) is 9.59 Å². The van der Waals surface area contributed by atoms with Crippen molar-refractivity contribution in [3.05, 3.63) is 70.9 Å². The molecule has 3 rings (SSSR count). The summed E-state index contributed by atoms with van der Waals surface area (Å²) in [6.07, 6.45) is 1.91. The Kier molecular flexibility index (Phi) is 6.12. The molecule has 0 radical (unpaired) electrons. The van der Waals surface area contributed by atoms with Crippen LogP contribution in [0.1, 0.15) is 39.9 Å². The minimum atomic E-state index is -1.11. The van der Waals surface area contributed by atoms with Crippen molar-refractivity contribution in [1.82, 2.24) is 10.3 Å². The lowest BCUT2D eigenvalue weighted by Gasteiger charge is -2.14. The van der Waals surface area contributed by atoms with Crippen LogP contribution in [0.2, 0.25) is 0 Å². The van der Waals surface area contributed by atoms with Crippen molar-refractivity contribution >= 4 is 28.6 Å². The zero-order valence-electron chi connectivity index (χ0n) is 16.5. The third-order valence-electron chi connectivity index (χ3n) is 5.00. The second kappa shape index (κ2) is 8.73. The molecule has 1 atom stereocenters. The molecule has 3 aromatic rings. The first-order valence-electron chi connectivity index (χ1n) is 9.52. The Balaban J connectivity index is 1.62. The largest absolute Gasteiger partial charge is 0.480 e. The number of aryl methyl sites for hydroxylation is 2. The fourth-order valence-electron chi connectivity index (χ4n) is 3.38. The highest BCUT2D eigenvalue weighted by molar-refractivity contribution is 5.99. The van der Waals surface area contributed by atoms with E-state index in [1.807, 2.05) is 56.3 Å². The quantitative estimate of drug-likeness (QED) is 0.510. The summed E-state index contributed by atoms with van der Waals surface area (Å²) in [4.78, 5) is 39.5. The van der Waals surface area contributed by atoms with Gasteiger partial charge >= 0.3 is 5.97 Å². The predicted molar refractivity (Wildman–Crippen MR) is 111 cm³/mol. The number of aromatic nitrogens is 1. The van der Waals surface area contributed by atoms with Crippen LogP contribution in [0.4, 0.5) is 0 Å². The van der Waals surface area contributed by atoms with Gasteiger partial charge in [-0.05, 0) is 37.1 Å². The number of carbonyl (C=O) groups is 3. The van der Waals surface area contributed by atoms with E-state index in [-0.39, 0.29) is 25.0 Å². The van der Waals surface area contributed by atoms with E-state index in [1.165, 1.54) is 0 Å². The molecule has 0 fully saturated rings. The van der Waals surface area contributed by atoms with Gasteiger partial charge in [-0.15, -0.1) is 0 Å². The molecule has 3 N–H and O–H groups in total. The standard InChI is InChI=1S/C23H24N2O4/c1-14-7-8-15(2)18(11-14)21(26)9-10-22(27)25-20(23(28)29)12-16-13-24-19-6-4-3-5-17(16)19/h3-8,11,13,20,24H,9-10,12H2,1-2H3,(H,25,27)(H,28,29). The van der Waals surface area contributed by atoms with Gasteiger partial charge in [0.1, 0.15) is 6.04 Å². The van der Waals surface area contributed by atoms with Crippen molar-refractivity contribution in [2.24, 2.45) is 0 Å². The molecule has 1 unspecified atom stereocenters. The van der Waals surface area contributed by atoms with E-state index >= 15 is 0 Å². The molecule has 6 heteroatoms. The van der Waals surface area contributed by atoms with Gasteiger partial charge in [0.15, 0.2) is 5.78 Å². The Bertz CT molecular complexity index is 1070. The minimum absolute atomic E-state index is 0.0373. The molecular weight excluding hydrogens is 368 g/mol. The molecule has 0 bridgehead atoms. The Morgan fingerprint density at radius 2 is 1.83 bits per heavy atom.